The summed E-state index contributed by atoms with van der Waals surface area (Å²) in [5, 5.41) is 7.24. The standard InChI is InChI=1S/C19H18ClN3O2/c20-16-5-3-14(4-6-16)13-23-19(24)22-10-11-25-17-7-8-18-15(12-17)2-1-9-21-18/h1-9,12H,10-11,13H2,(H2,22,23,24). The van der Waals surface area contributed by atoms with Gasteiger partial charge in [0.2, 0.25) is 0 Å². The monoisotopic (exact) mass is 355 g/mol. The summed E-state index contributed by atoms with van der Waals surface area (Å²) in [5.74, 6) is 0.754. The van der Waals surface area contributed by atoms with Gasteiger partial charge in [0.15, 0.2) is 0 Å². The average Bonchev–Trinajstić information content (AvgIpc) is 2.64. The van der Waals surface area contributed by atoms with Crippen LogP contribution in [-0.4, -0.2) is 24.2 Å². The normalized spacial score (nSPS) is 10.4. The van der Waals surface area contributed by atoms with E-state index in [2.05, 4.69) is 15.6 Å². The van der Waals surface area contributed by atoms with Gasteiger partial charge in [-0.1, -0.05) is 29.8 Å². The Bertz CT molecular complexity index is 853. The molecule has 5 nitrogen and oxygen atoms in total. The molecule has 2 amide bonds. The van der Waals surface area contributed by atoms with Crippen molar-refractivity contribution in [2.24, 2.45) is 0 Å². The Labute approximate surface area is 151 Å². The number of benzene rings is 2. The molecule has 6 heteroatoms. The summed E-state index contributed by atoms with van der Waals surface area (Å²) in [4.78, 5) is 16.0. The molecule has 2 N–H and O–H groups in total. The van der Waals surface area contributed by atoms with Gasteiger partial charge in [0.1, 0.15) is 12.4 Å². The van der Waals surface area contributed by atoms with Gasteiger partial charge < -0.3 is 15.4 Å². The number of carbonyl (C=O) groups excluding carboxylic acids is 1. The molecular weight excluding hydrogens is 338 g/mol. The highest BCUT2D eigenvalue weighted by Crippen LogP contribution is 2.18. The van der Waals surface area contributed by atoms with Gasteiger partial charge in [-0.3, -0.25) is 4.98 Å². The number of halogens is 1. The topological polar surface area (TPSA) is 63.2 Å². The second-order valence-corrected chi connectivity index (χ2v) is 5.88. The zero-order valence-electron chi connectivity index (χ0n) is 13.5. The van der Waals surface area contributed by atoms with E-state index in [-0.39, 0.29) is 6.03 Å². The summed E-state index contributed by atoms with van der Waals surface area (Å²) >= 11 is 5.82. The predicted octanol–water partition coefficient (Wildman–Crippen LogP) is 3.77. The van der Waals surface area contributed by atoms with Gasteiger partial charge in [-0.2, -0.15) is 0 Å². The minimum absolute atomic E-state index is 0.235. The van der Waals surface area contributed by atoms with Crippen molar-refractivity contribution in [2.45, 2.75) is 6.54 Å². The van der Waals surface area contributed by atoms with E-state index in [1.165, 1.54) is 0 Å². The van der Waals surface area contributed by atoms with Crippen molar-refractivity contribution in [3.05, 3.63) is 71.4 Å². The van der Waals surface area contributed by atoms with Crippen LogP contribution in [0.5, 0.6) is 5.75 Å². The molecule has 0 aliphatic rings. The summed E-state index contributed by atoms with van der Waals surface area (Å²) in [6.45, 7) is 1.25. The van der Waals surface area contributed by atoms with Crippen molar-refractivity contribution in [3.63, 3.8) is 0 Å². The molecule has 128 valence electrons. The van der Waals surface area contributed by atoms with Crippen LogP contribution in [0.1, 0.15) is 5.56 Å². The lowest BCUT2D eigenvalue weighted by Gasteiger charge is -2.09. The number of aromatic nitrogens is 1. The number of ether oxygens (including phenoxy) is 1. The minimum Gasteiger partial charge on any atom is -0.492 e. The first kappa shape index (κ1) is 17.0. The molecule has 0 unspecified atom stereocenters. The number of urea groups is 1. The van der Waals surface area contributed by atoms with Crippen LogP contribution in [0, 0.1) is 0 Å². The lowest BCUT2D eigenvalue weighted by atomic mass is 10.2. The fraction of sp³-hybridized carbons (Fsp3) is 0.158. The van der Waals surface area contributed by atoms with Crippen LogP contribution in [0.15, 0.2) is 60.8 Å². The molecule has 3 aromatic rings. The highest BCUT2D eigenvalue weighted by atomic mass is 35.5. The maximum atomic E-state index is 11.8. The number of amides is 2. The van der Waals surface area contributed by atoms with Gasteiger partial charge in [-0.25, -0.2) is 4.79 Å². The highest BCUT2D eigenvalue weighted by Gasteiger charge is 2.01. The van der Waals surface area contributed by atoms with Crippen molar-refractivity contribution in [1.82, 2.24) is 15.6 Å². The van der Waals surface area contributed by atoms with Crippen LogP contribution in [-0.2, 0) is 6.54 Å². The number of carbonyl (C=O) groups is 1. The Balaban J connectivity index is 1.38. The molecule has 0 saturated carbocycles. The van der Waals surface area contributed by atoms with Crippen molar-refractivity contribution in [1.29, 1.82) is 0 Å². The average molecular weight is 356 g/mol. The van der Waals surface area contributed by atoms with Crippen LogP contribution >= 0.6 is 11.6 Å². The van der Waals surface area contributed by atoms with Gasteiger partial charge in [0.05, 0.1) is 12.1 Å². The Morgan fingerprint density at radius 3 is 2.76 bits per heavy atom. The molecule has 3 rings (SSSR count). The Hall–Kier alpha value is -2.79. The van der Waals surface area contributed by atoms with E-state index in [9.17, 15) is 4.79 Å². The Morgan fingerprint density at radius 2 is 1.92 bits per heavy atom. The van der Waals surface area contributed by atoms with Gasteiger partial charge in [0, 0.05) is 23.2 Å². The predicted molar refractivity (Wildman–Crippen MR) is 98.9 cm³/mol. The molecule has 0 aliphatic carbocycles. The number of nitrogens with one attached hydrogen (secondary N) is 2. The summed E-state index contributed by atoms with van der Waals surface area (Å²) < 4.78 is 5.66. The maximum Gasteiger partial charge on any atom is 0.315 e. The van der Waals surface area contributed by atoms with Gasteiger partial charge in [-0.05, 0) is 42.0 Å². The van der Waals surface area contributed by atoms with E-state index in [1.807, 2.05) is 42.5 Å². The summed E-state index contributed by atoms with van der Waals surface area (Å²) in [6.07, 6.45) is 1.76. The molecule has 0 bridgehead atoms. The molecule has 1 aromatic heterocycles. The third kappa shape index (κ3) is 5.09. The number of fused-ring (bicyclic) bond motifs is 1. The van der Waals surface area contributed by atoms with Crippen molar-refractivity contribution in [2.75, 3.05) is 13.2 Å². The van der Waals surface area contributed by atoms with Gasteiger partial charge in [0.25, 0.3) is 0 Å². The number of pyridine rings is 1. The van der Waals surface area contributed by atoms with Crippen LogP contribution in [0.25, 0.3) is 10.9 Å². The van der Waals surface area contributed by atoms with Crippen molar-refractivity contribution >= 4 is 28.5 Å². The van der Waals surface area contributed by atoms with E-state index in [0.717, 1.165) is 22.2 Å². The van der Waals surface area contributed by atoms with Crippen LogP contribution < -0.4 is 15.4 Å². The third-order valence-electron chi connectivity index (χ3n) is 3.60. The van der Waals surface area contributed by atoms with E-state index >= 15 is 0 Å². The zero-order valence-corrected chi connectivity index (χ0v) is 14.3. The maximum absolute atomic E-state index is 11.8. The number of nitrogens with zero attached hydrogens (tertiary/aromatic N) is 1. The van der Waals surface area contributed by atoms with Crippen LogP contribution in [0.4, 0.5) is 4.79 Å². The summed E-state index contributed by atoms with van der Waals surface area (Å²) in [5.41, 5.74) is 1.91. The second-order valence-electron chi connectivity index (χ2n) is 5.44. The first-order valence-corrected chi connectivity index (χ1v) is 8.32. The SMILES string of the molecule is O=C(NCCOc1ccc2ncccc2c1)NCc1ccc(Cl)cc1. The van der Waals surface area contributed by atoms with Crippen LogP contribution in [0.2, 0.25) is 5.02 Å². The molecule has 0 saturated heterocycles. The highest BCUT2D eigenvalue weighted by molar-refractivity contribution is 6.30. The first-order valence-electron chi connectivity index (χ1n) is 7.94. The molecule has 1 heterocycles. The Kier molecular flexibility index (Phi) is 5.69. The number of hydrogen-bond donors (Lipinski definition) is 2. The molecule has 0 fully saturated rings. The molecule has 2 aromatic carbocycles. The first-order chi connectivity index (χ1) is 12.2. The fourth-order valence-corrected chi connectivity index (χ4v) is 2.45. The van der Waals surface area contributed by atoms with Crippen molar-refractivity contribution < 1.29 is 9.53 Å². The van der Waals surface area contributed by atoms with E-state index in [0.29, 0.717) is 24.7 Å². The smallest absolute Gasteiger partial charge is 0.315 e. The van der Waals surface area contributed by atoms with Gasteiger partial charge >= 0.3 is 6.03 Å². The fourth-order valence-electron chi connectivity index (χ4n) is 2.32. The van der Waals surface area contributed by atoms with E-state index in [4.69, 9.17) is 16.3 Å². The largest absolute Gasteiger partial charge is 0.492 e. The van der Waals surface area contributed by atoms with Crippen molar-refractivity contribution in [3.8, 4) is 5.75 Å². The van der Waals surface area contributed by atoms with Crippen LogP contribution in [0.3, 0.4) is 0 Å². The molecule has 0 atom stereocenters. The molecule has 25 heavy (non-hydrogen) atoms. The minimum atomic E-state index is -0.235. The van der Waals surface area contributed by atoms with E-state index in [1.54, 1.807) is 18.3 Å². The van der Waals surface area contributed by atoms with E-state index < -0.39 is 0 Å². The summed E-state index contributed by atoms with van der Waals surface area (Å²) in [7, 11) is 0. The molecule has 0 aliphatic heterocycles. The quantitative estimate of drug-likeness (QED) is 0.662. The lowest BCUT2D eigenvalue weighted by Crippen LogP contribution is -2.37. The number of rotatable bonds is 6. The molecule has 0 radical (unpaired) electrons. The van der Waals surface area contributed by atoms with Gasteiger partial charge in [-0.15, -0.1) is 0 Å². The lowest BCUT2D eigenvalue weighted by molar-refractivity contribution is 0.236. The molecular formula is C19H18ClN3O2. The number of hydrogen-bond acceptors (Lipinski definition) is 3. The Morgan fingerprint density at radius 1 is 1.08 bits per heavy atom. The second kappa shape index (κ2) is 8.35. The molecule has 0 spiro atoms. The third-order valence-corrected chi connectivity index (χ3v) is 3.85. The zero-order chi connectivity index (χ0) is 17.5. The summed E-state index contributed by atoms with van der Waals surface area (Å²) in [6, 6.07) is 16.7.